The van der Waals surface area contributed by atoms with Crippen LogP contribution in [0.25, 0.3) is 0 Å². The smallest absolute Gasteiger partial charge is 0.380 e. The van der Waals surface area contributed by atoms with Crippen molar-refractivity contribution >= 4 is 11.3 Å². The molecule has 2 atom stereocenters. The molecule has 18 heavy (non-hydrogen) atoms. The van der Waals surface area contributed by atoms with Crippen LogP contribution in [0, 0.1) is 0 Å². The van der Waals surface area contributed by atoms with Crippen LogP contribution in [0.1, 0.15) is 36.2 Å². The number of aromatic nitrogens is 1. The first-order chi connectivity index (χ1) is 8.40. The van der Waals surface area contributed by atoms with Crippen LogP contribution in [0.2, 0.25) is 0 Å². The fraction of sp³-hybridized carbons (Fsp3) is 0.727. The highest BCUT2D eigenvalue weighted by Crippen LogP contribution is 2.35. The Balaban J connectivity index is 2.88. The number of alkyl halides is 3. The maximum atomic E-state index is 12.5. The first-order valence-electron chi connectivity index (χ1n) is 5.69. The summed E-state index contributed by atoms with van der Waals surface area (Å²) in [7, 11) is 1.54. The van der Waals surface area contributed by atoms with Gasteiger partial charge in [0, 0.05) is 18.2 Å². The zero-order chi connectivity index (χ0) is 13.8. The maximum Gasteiger partial charge on any atom is 0.443 e. The fourth-order valence-electron chi connectivity index (χ4n) is 1.50. The molecule has 3 nitrogen and oxygen atoms in total. The summed E-state index contributed by atoms with van der Waals surface area (Å²) >= 11 is 0.663. The molecule has 1 heterocycles. The van der Waals surface area contributed by atoms with Gasteiger partial charge in [-0.05, 0) is 19.9 Å². The molecule has 0 aliphatic rings. The molecular formula is C11H17F3N2OS. The molecule has 0 fully saturated rings. The van der Waals surface area contributed by atoms with Gasteiger partial charge in [-0.1, -0.05) is 6.92 Å². The normalized spacial score (nSPS) is 15.7. The fourth-order valence-corrected chi connectivity index (χ4v) is 2.45. The van der Waals surface area contributed by atoms with E-state index in [9.17, 15) is 13.2 Å². The van der Waals surface area contributed by atoms with E-state index in [1.807, 2.05) is 13.8 Å². The summed E-state index contributed by atoms with van der Waals surface area (Å²) in [5.41, 5.74) is 0. The molecule has 0 aliphatic carbocycles. The zero-order valence-electron chi connectivity index (χ0n) is 10.5. The Labute approximate surface area is 108 Å². The molecule has 2 unspecified atom stereocenters. The molecule has 0 saturated heterocycles. The molecule has 1 aromatic heterocycles. The number of halogens is 3. The molecule has 0 aliphatic heterocycles. The number of nitrogens with zero attached hydrogens (tertiary/aromatic N) is 1. The largest absolute Gasteiger partial charge is 0.443 e. The molecule has 7 heteroatoms. The van der Waals surface area contributed by atoms with Gasteiger partial charge in [0.25, 0.3) is 0 Å². The Morgan fingerprint density at radius 3 is 2.61 bits per heavy atom. The molecule has 0 aromatic carbocycles. The summed E-state index contributed by atoms with van der Waals surface area (Å²) in [4.78, 5) is 3.98. The van der Waals surface area contributed by atoms with Crippen molar-refractivity contribution in [2.24, 2.45) is 0 Å². The summed E-state index contributed by atoms with van der Waals surface area (Å²) in [5, 5.41) is 2.36. The third-order valence-corrected chi connectivity index (χ3v) is 3.65. The third kappa shape index (κ3) is 3.93. The molecule has 0 bridgehead atoms. The van der Waals surface area contributed by atoms with E-state index in [0.29, 0.717) is 16.2 Å². The van der Waals surface area contributed by atoms with E-state index in [1.54, 1.807) is 0 Å². The summed E-state index contributed by atoms with van der Waals surface area (Å²) in [6.45, 7) is 4.53. The van der Waals surface area contributed by atoms with Gasteiger partial charge in [-0.2, -0.15) is 13.2 Å². The number of rotatable bonds is 6. The molecule has 0 saturated carbocycles. The van der Waals surface area contributed by atoms with Gasteiger partial charge in [0.15, 0.2) is 5.01 Å². The number of thiazole rings is 1. The van der Waals surface area contributed by atoms with E-state index in [-0.39, 0.29) is 12.1 Å². The van der Waals surface area contributed by atoms with Crippen molar-refractivity contribution in [2.75, 3.05) is 13.7 Å². The van der Waals surface area contributed by atoms with Gasteiger partial charge in [-0.15, -0.1) is 11.3 Å². The Kier molecular flexibility index (Phi) is 5.55. The lowest BCUT2D eigenvalue weighted by atomic mass is 10.1. The number of hydrogen-bond donors (Lipinski definition) is 1. The van der Waals surface area contributed by atoms with E-state index in [1.165, 1.54) is 13.3 Å². The van der Waals surface area contributed by atoms with Gasteiger partial charge in [0.2, 0.25) is 0 Å². The van der Waals surface area contributed by atoms with Gasteiger partial charge < -0.3 is 10.1 Å². The third-order valence-electron chi connectivity index (χ3n) is 2.53. The van der Waals surface area contributed by atoms with Crippen molar-refractivity contribution in [3.05, 3.63) is 16.1 Å². The first kappa shape index (κ1) is 15.4. The highest BCUT2D eigenvalue weighted by atomic mass is 32.1. The minimum absolute atomic E-state index is 0.210. The van der Waals surface area contributed by atoms with Crippen LogP contribution in [0.3, 0.4) is 0 Å². The topological polar surface area (TPSA) is 34.2 Å². The van der Waals surface area contributed by atoms with Gasteiger partial charge in [0.05, 0.1) is 12.1 Å². The van der Waals surface area contributed by atoms with Crippen molar-refractivity contribution in [3.8, 4) is 0 Å². The van der Waals surface area contributed by atoms with Crippen LogP contribution < -0.4 is 5.32 Å². The van der Waals surface area contributed by atoms with Gasteiger partial charge in [-0.25, -0.2) is 4.98 Å². The van der Waals surface area contributed by atoms with Crippen LogP contribution in [0.5, 0.6) is 0 Å². The van der Waals surface area contributed by atoms with Gasteiger partial charge in [-0.3, -0.25) is 0 Å². The summed E-state index contributed by atoms with van der Waals surface area (Å²) in [6, 6.07) is -0.261. The quantitative estimate of drug-likeness (QED) is 0.869. The standard InChI is InChI=1S/C11H17F3N2OS/c1-4-5-15-9(7(2)17-3)8-6-16-10(18-8)11(12,13)14/h6-7,9,15H,4-5H2,1-3H3. The molecule has 0 radical (unpaired) electrons. The maximum absolute atomic E-state index is 12.5. The van der Waals surface area contributed by atoms with Crippen LogP contribution in [-0.4, -0.2) is 24.7 Å². The Morgan fingerprint density at radius 1 is 1.50 bits per heavy atom. The SMILES string of the molecule is CCCNC(c1cnc(C(F)(F)F)s1)C(C)OC. The molecule has 1 rings (SSSR count). The highest BCUT2D eigenvalue weighted by molar-refractivity contribution is 7.11. The van der Waals surface area contributed by atoms with E-state index in [4.69, 9.17) is 4.74 Å². The summed E-state index contributed by atoms with van der Waals surface area (Å²) in [5.74, 6) is 0. The predicted octanol–water partition coefficient (Wildman–Crippen LogP) is 3.24. The zero-order valence-corrected chi connectivity index (χ0v) is 11.4. The van der Waals surface area contributed by atoms with E-state index >= 15 is 0 Å². The second-order valence-electron chi connectivity index (χ2n) is 3.94. The average molecular weight is 282 g/mol. The highest BCUT2D eigenvalue weighted by Gasteiger charge is 2.35. The number of methoxy groups -OCH3 is 1. The molecule has 0 spiro atoms. The monoisotopic (exact) mass is 282 g/mol. The molecule has 104 valence electrons. The van der Waals surface area contributed by atoms with Crippen molar-refractivity contribution < 1.29 is 17.9 Å². The molecule has 1 aromatic rings. The van der Waals surface area contributed by atoms with Crippen LogP contribution in [0.15, 0.2) is 6.20 Å². The Hall–Kier alpha value is -0.660. The van der Waals surface area contributed by atoms with Crippen LogP contribution >= 0.6 is 11.3 Å². The van der Waals surface area contributed by atoms with Crippen molar-refractivity contribution in [1.82, 2.24) is 10.3 Å². The van der Waals surface area contributed by atoms with Gasteiger partial charge >= 0.3 is 6.18 Å². The molecule has 1 N–H and O–H groups in total. The van der Waals surface area contributed by atoms with E-state index < -0.39 is 11.2 Å². The Morgan fingerprint density at radius 2 is 2.17 bits per heavy atom. The lowest BCUT2D eigenvalue weighted by Gasteiger charge is -2.22. The van der Waals surface area contributed by atoms with E-state index in [0.717, 1.165) is 13.0 Å². The minimum Gasteiger partial charge on any atom is -0.380 e. The number of hydrogen-bond acceptors (Lipinski definition) is 4. The van der Waals surface area contributed by atoms with E-state index in [2.05, 4.69) is 10.3 Å². The second kappa shape index (κ2) is 6.49. The van der Waals surface area contributed by atoms with Crippen molar-refractivity contribution in [3.63, 3.8) is 0 Å². The van der Waals surface area contributed by atoms with Crippen molar-refractivity contribution in [1.29, 1.82) is 0 Å². The van der Waals surface area contributed by atoms with Gasteiger partial charge in [0.1, 0.15) is 0 Å². The molecular weight excluding hydrogens is 265 g/mol. The number of ether oxygens (including phenoxy) is 1. The number of nitrogens with one attached hydrogen (secondary N) is 1. The average Bonchev–Trinajstić information content (AvgIpc) is 2.78. The lowest BCUT2D eigenvalue weighted by molar-refractivity contribution is -0.137. The van der Waals surface area contributed by atoms with Crippen molar-refractivity contribution in [2.45, 2.75) is 38.6 Å². The first-order valence-corrected chi connectivity index (χ1v) is 6.50. The minimum atomic E-state index is -4.38. The summed E-state index contributed by atoms with van der Waals surface area (Å²) in [6.07, 6.45) is -2.42. The molecule has 0 amide bonds. The lowest BCUT2D eigenvalue weighted by Crippen LogP contribution is -2.31. The predicted molar refractivity (Wildman–Crippen MR) is 64.6 cm³/mol. The summed E-state index contributed by atoms with van der Waals surface area (Å²) < 4.78 is 42.7. The van der Waals surface area contributed by atoms with Crippen LogP contribution in [0.4, 0.5) is 13.2 Å². The Bertz CT molecular complexity index is 367. The van der Waals surface area contributed by atoms with Crippen LogP contribution in [-0.2, 0) is 10.9 Å². The second-order valence-corrected chi connectivity index (χ2v) is 5.00.